The van der Waals surface area contributed by atoms with E-state index in [1.807, 2.05) is 0 Å². The Kier molecular flexibility index (Phi) is 15.4. The number of ether oxygens (including phenoxy) is 2. The smallest absolute Gasteiger partial charge is 0.333 e. The van der Waals surface area contributed by atoms with E-state index in [0.717, 1.165) is 19.0 Å². The molecule has 0 atom stereocenters. The van der Waals surface area contributed by atoms with Gasteiger partial charge in [-0.05, 0) is 32.5 Å². The normalized spacial score (nSPS) is 11.6. The predicted molar refractivity (Wildman–Crippen MR) is 103 cm³/mol. The van der Waals surface area contributed by atoms with Crippen LogP contribution in [0.1, 0.15) is 33.1 Å². The van der Waals surface area contributed by atoms with Gasteiger partial charge in [-0.25, -0.2) is 4.79 Å². The number of esters is 2. The average molecular weight is 396 g/mol. The van der Waals surface area contributed by atoms with Gasteiger partial charge in [0.1, 0.15) is 25.4 Å². The molecule has 0 aromatic carbocycles. The fourth-order valence-corrected chi connectivity index (χ4v) is 1.53. The number of nitrogens with two attached hydrogens (primary N) is 1. The van der Waals surface area contributed by atoms with Crippen LogP contribution in [0.3, 0.4) is 0 Å². The van der Waals surface area contributed by atoms with Crippen LogP contribution in [0, 0.1) is 0 Å². The Morgan fingerprint density at radius 1 is 1.14 bits per heavy atom. The summed E-state index contributed by atoms with van der Waals surface area (Å²) >= 11 is 0. The molecular weight excluding hydrogens is 368 g/mol. The highest BCUT2D eigenvalue weighted by Gasteiger charge is 2.16. The van der Waals surface area contributed by atoms with Gasteiger partial charge in [0.25, 0.3) is 0 Å². The lowest BCUT2D eigenvalue weighted by Crippen LogP contribution is -2.16. The summed E-state index contributed by atoms with van der Waals surface area (Å²) in [5.41, 5.74) is 4.82. The van der Waals surface area contributed by atoms with Gasteiger partial charge in [-0.2, -0.15) is 0 Å². The average Bonchev–Trinajstić information content (AvgIpc) is 3.03. The van der Waals surface area contributed by atoms with Gasteiger partial charge in [0.05, 0.1) is 0 Å². The van der Waals surface area contributed by atoms with Gasteiger partial charge < -0.3 is 20.1 Å². The summed E-state index contributed by atoms with van der Waals surface area (Å²) < 4.78 is 9.27. The maximum absolute atomic E-state index is 10.8. The number of carbonyl (C=O) groups is 5. The molecule has 1 rings (SSSR count). The quantitative estimate of drug-likeness (QED) is 0.280. The maximum Gasteiger partial charge on any atom is 0.333 e. The Morgan fingerprint density at radius 3 is 2.00 bits per heavy atom. The minimum atomic E-state index is -0.617. The summed E-state index contributed by atoms with van der Waals surface area (Å²) in [7, 11) is 0. The molecule has 1 aliphatic heterocycles. The first kappa shape index (κ1) is 27.0. The lowest BCUT2D eigenvalue weighted by molar-refractivity contribution is -0.151. The topological polar surface area (TPSA) is 133 Å². The summed E-state index contributed by atoms with van der Waals surface area (Å²) in [4.78, 5) is 54.0. The van der Waals surface area contributed by atoms with Crippen LogP contribution in [0.15, 0.2) is 37.6 Å². The monoisotopic (exact) mass is 396 g/mol. The molecule has 1 fully saturated rings. The molecule has 28 heavy (non-hydrogen) atoms. The number of primary amides is 1. The number of hydrogen-bond acceptors (Lipinski definition) is 7. The van der Waals surface area contributed by atoms with Gasteiger partial charge in [-0.1, -0.05) is 19.7 Å². The zero-order chi connectivity index (χ0) is 22.1. The molecule has 0 radical (unpaired) electrons. The number of likely N-dealkylation sites (tertiary alicyclic amines) is 1. The van der Waals surface area contributed by atoms with Gasteiger partial charge in [-0.3, -0.25) is 19.2 Å². The van der Waals surface area contributed by atoms with Crippen LogP contribution in [0.4, 0.5) is 0 Å². The third kappa shape index (κ3) is 16.2. The highest BCUT2D eigenvalue weighted by atomic mass is 16.6. The number of carbonyl (C=O) groups excluding carboxylic acids is 5. The number of rotatable bonds is 8. The molecule has 0 aromatic heterocycles. The van der Waals surface area contributed by atoms with E-state index in [9.17, 15) is 24.0 Å². The lowest BCUT2D eigenvalue weighted by atomic mass is 10.3. The van der Waals surface area contributed by atoms with E-state index in [-0.39, 0.29) is 36.9 Å². The fraction of sp³-hybridized carbons (Fsp3) is 0.421. The Bertz CT molecular complexity index is 611. The van der Waals surface area contributed by atoms with Crippen molar-refractivity contribution in [2.24, 2.45) is 5.73 Å². The van der Waals surface area contributed by atoms with E-state index in [4.69, 9.17) is 0 Å². The molecule has 1 saturated heterocycles. The first-order valence-electron chi connectivity index (χ1n) is 8.36. The molecule has 0 bridgehead atoms. The summed E-state index contributed by atoms with van der Waals surface area (Å²) in [5.74, 6) is -1.68. The number of Topliss-reactive ketones (excluding diaryl/α,β-unsaturated/α-hetero) is 1. The highest BCUT2D eigenvalue weighted by Crippen LogP contribution is 2.08. The van der Waals surface area contributed by atoms with E-state index in [2.05, 4.69) is 34.9 Å². The highest BCUT2D eigenvalue weighted by molar-refractivity contribution is 5.94. The summed E-state index contributed by atoms with van der Waals surface area (Å²) in [6.45, 7) is 13.6. The Hall–Kier alpha value is -3.23. The fourth-order valence-electron chi connectivity index (χ4n) is 1.53. The minimum absolute atomic E-state index is 0.0324. The molecule has 1 heterocycles. The maximum atomic E-state index is 10.8. The Labute approximate surface area is 164 Å². The van der Waals surface area contributed by atoms with E-state index in [0.29, 0.717) is 6.42 Å². The number of amides is 2. The standard InChI is InChI=1S/C10H14O5.C6H9NO.C3H5NO/c1-7(2)10(13)15-5-4-14-9(12)6-8(3)11;1-2-7-5-3-4-6(7)8;1-2-3(4)5/h1,4-6H2,2-3H3;2H,1,3-5H2;2H,1H2,(H2,4,5). The zero-order valence-electron chi connectivity index (χ0n) is 16.4. The van der Waals surface area contributed by atoms with Crippen LogP contribution in [-0.4, -0.2) is 54.2 Å². The van der Waals surface area contributed by atoms with Crippen LogP contribution in [0.25, 0.3) is 0 Å². The third-order valence-corrected chi connectivity index (χ3v) is 2.85. The molecule has 2 N–H and O–H groups in total. The molecule has 9 heteroatoms. The van der Waals surface area contributed by atoms with Gasteiger partial charge in [0.2, 0.25) is 11.8 Å². The number of hydrogen-bond donors (Lipinski definition) is 1. The van der Waals surface area contributed by atoms with Crippen molar-refractivity contribution in [3.8, 4) is 0 Å². The molecule has 0 unspecified atom stereocenters. The van der Waals surface area contributed by atoms with Crippen molar-refractivity contribution < 1.29 is 33.4 Å². The second kappa shape index (κ2) is 16.0. The van der Waals surface area contributed by atoms with E-state index < -0.39 is 17.8 Å². The van der Waals surface area contributed by atoms with Gasteiger partial charge in [0, 0.05) is 18.5 Å². The SMILES string of the molecule is C=C(C)C(=O)OCCOC(=O)CC(C)=O.C=CC(N)=O.C=CN1CCCC1=O. The second-order valence-electron chi connectivity index (χ2n) is 5.50. The summed E-state index contributed by atoms with van der Waals surface area (Å²) in [5, 5.41) is 0. The molecule has 0 aliphatic carbocycles. The largest absolute Gasteiger partial charge is 0.462 e. The lowest BCUT2D eigenvalue weighted by Gasteiger charge is -2.05. The second-order valence-corrected chi connectivity index (χ2v) is 5.50. The van der Waals surface area contributed by atoms with Crippen molar-refractivity contribution in [3.63, 3.8) is 0 Å². The van der Waals surface area contributed by atoms with Crippen molar-refractivity contribution in [3.05, 3.63) is 37.6 Å². The van der Waals surface area contributed by atoms with E-state index in [1.165, 1.54) is 13.8 Å². The van der Waals surface area contributed by atoms with Crippen molar-refractivity contribution >= 4 is 29.5 Å². The molecular formula is C19H28N2O7. The molecule has 2 amide bonds. The van der Waals surface area contributed by atoms with Crippen LogP contribution in [-0.2, 0) is 33.4 Å². The Balaban J connectivity index is 0. The van der Waals surface area contributed by atoms with Crippen molar-refractivity contribution in [2.75, 3.05) is 19.8 Å². The predicted octanol–water partition coefficient (Wildman–Crippen LogP) is 1.04. The summed E-state index contributed by atoms with van der Waals surface area (Å²) in [6, 6.07) is 0. The van der Waals surface area contributed by atoms with Crippen molar-refractivity contribution in [2.45, 2.75) is 33.1 Å². The molecule has 156 valence electrons. The third-order valence-electron chi connectivity index (χ3n) is 2.85. The first-order chi connectivity index (χ1) is 13.0. The van der Waals surface area contributed by atoms with Crippen molar-refractivity contribution in [1.82, 2.24) is 4.90 Å². The van der Waals surface area contributed by atoms with Crippen LogP contribution >= 0.6 is 0 Å². The number of nitrogens with zero attached hydrogens (tertiary/aromatic N) is 1. The van der Waals surface area contributed by atoms with Crippen LogP contribution in [0.2, 0.25) is 0 Å². The van der Waals surface area contributed by atoms with Crippen LogP contribution in [0.5, 0.6) is 0 Å². The molecule has 0 aromatic rings. The van der Waals surface area contributed by atoms with Gasteiger partial charge >= 0.3 is 11.9 Å². The Morgan fingerprint density at radius 2 is 1.68 bits per heavy atom. The van der Waals surface area contributed by atoms with Gasteiger partial charge in [-0.15, -0.1) is 0 Å². The van der Waals surface area contributed by atoms with Crippen molar-refractivity contribution in [1.29, 1.82) is 0 Å². The van der Waals surface area contributed by atoms with E-state index >= 15 is 0 Å². The molecule has 9 nitrogen and oxygen atoms in total. The summed E-state index contributed by atoms with van der Waals surface area (Å²) in [6.07, 6.45) is 4.08. The van der Waals surface area contributed by atoms with E-state index in [1.54, 1.807) is 11.1 Å². The van der Waals surface area contributed by atoms with Crippen LogP contribution < -0.4 is 5.73 Å². The number of ketones is 1. The molecule has 0 spiro atoms. The minimum Gasteiger partial charge on any atom is -0.462 e. The molecule has 1 aliphatic rings. The first-order valence-corrected chi connectivity index (χ1v) is 8.36. The van der Waals surface area contributed by atoms with Gasteiger partial charge in [0.15, 0.2) is 0 Å². The molecule has 0 saturated carbocycles. The zero-order valence-corrected chi connectivity index (χ0v) is 16.4.